The molecule has 0 spiro atoms. The average molecular weight is 311 g/mol. The third-order valence-corrected chi connectivity index (χ3v) is 3.93. The number of hydrogen-bond acceptors (Lipinski definition) is 3. The predicted molar refractivity (Wildman–Crippen MR) is 88.5 cm³/mol. The highest BCUT2D eigenvalue weighted by atomic mass is 19.1. The average Bonchev–Trinajstić information content (AvgIpc) is 2.62. The second kappa shape index (κ2) is 7.05. The lowest BCUT2D eigenvalue weighted by Crippen LogP contribution is -2.48. The smallest absolute Gasteiger partial charge is 0.246 e. The molecule has 0 radical (unpaired) electrons. The Labute approximate surface area is 134 Å². The molecule has 0 saturated carbocycles. The van der Waals surface area contributed by atoms with Gasteiger partial charge in [0.15, 0.2) is 0 Å². The van der Waals surface area contributed by atoms with E-state index in [9.17, 15) is 9.18 Å². The van der Waals surface area contributed by atoms with Gasteiger partial charge in [-0.3, -0.25) is 9.78 Å². The summed E-state index contributed by atoms with van der Waals surface area (Å²) in [6, 6.07) is 10.4. The van der Waals surface area contributed by atoms with Gasteiger partial charge in [0.25, 0.3) is 0 Å². The van der Waals surface area contributed by atoms with Crippen LogP contribution in [0.2, 0.25) is 0 Å². The monoisotopic (exact) mass is 311 g/mol. The number of aromatic nitrogens is 1. The van der Waals surface area contributed by atoms with Crippen molar-refractivity contribution in [2.75, 3.05) is 31.1 Å². The molecule has 1 saturated heterocycles. The Bertz CT molecular complexity index is 694. The fraction of sp³-hybridized carbons (Fsp3) is 0.222. The van der Waals surface area contributed by atoms with Gasteiger partial charge in [0, 0.05) is 55.9 Å². The van der Waals surface area contributed by atoms with Crippen LogP contribution >= 0.6 is 0 Å². The number of rotatable bonds is 3. The molecular formula is C18H18FN3O. The van der Waals surface area contributed by atoms with E-state index in [-0.39, 0.29) is 11.7 Å². The molecule has 1 amide bonds. The molecule has 1 aliphatic heterocycles. The van der Waals surface area contributed by atoms with Crippen LogP contribution in [0.4, 0.5) is 10.1 Å². The summed E-state index contributed by atoms with van der Waals surface area (Å²) in [7, 11) is 0. The largest absolute Gasteiger partial charge is 0.368 e. The van der Waals surface area contributed by atoms with Crippen molar-refractivity contribution in [1.29, 1.82) is 0 Å². The van der Waals surface area contributed by atoms with Crippen molar-refractivity contribution in [3.63, 3.8) is 0 Å². The lowest BCUT2D eigenvalue weighted by atomic mass is 10.2. The van der Waals surface area contributed by atoms with Gasteiger partial charge in [-0.05, 0) is 24.3 Å². The maximum absolute atomic E-state index is 13.5. The summed E-state index contributed by atoms with van der Waals surface area (Å²) in [5, 5.41) is 0. The Morgan fingerprint density at radius 3 is 2.43 bits per heavy atom. The lowest BCUT2D eigenvalue weighted by molar-refractivity contribution is -0.126. The van der Waals surface area contributed by atoms with E-state index in [0.717, 1.165) is 18.8 Å². The zero-order valence-corrected chi connectivity index (χ0v) is 12.7. The van der Waals surface area contributed by atoms with Gasteiger partial charge in [0.2, 0.25) is 5.91 Å². The molecule has 0 N–H and O–H groups in total. The summed E-state index contributed by atoms with van der Waals surface area (Å²) in [5.74, 6) is -0.401. The number of hydrogen-bond donors (Lipinski definition) is 0. The highest BCUT2D eigenvalue weighted by Crippen LogP contribution is 2.15. The third kappa shape index (κ3) is 3.74. The van der Waals surface area contributed by atoms with Gasteiger partial charge in [-0.15, -0.1) is 0 Å². The van der Waals surface area contributed by atoms with Crippen LogP contribution in [-0.2, 0) is 4.79 Å². The quantitative estimate of drug-likeness (QED) is 0.818. The Hall–Kier alpha value is -2.69. The van der Waals surface area contributed by atoms with Gasteiger partial charge < -0.3 is 9.80 Å². The fourth-order valence-corrected chi connectivity index (χ4v) is 2.62. The van der Waals surface area contributed by atoms with Gasteiger partial charge in [0.05, 0.1) is 0 Å². The molecule has 3 rings (SSSR count). The Morgan fingerprint density at radius 2 is 1.74 bits per heavy atom. The van der Waals surface area contributed by atoms with Gasteiger partial charge in [-0.25, -0.2) is 4.39 Å². The Morgan fingerprint density at radius 1 is 1.04 bits per heavy atom. The van der Waals surface area contributed by atoms with E-state index in [0.29, 0.717) is 18.7 Å². The number of benzene rings is 1. The Balaban J connectivity index is 1.57. The van der Waals surface area contributed by atoms with Crippen molar-refractivity contribution < 1.29 is 9.18 Å². The first-order chi connectivity index (χ1) is 11.2. The highest BCUT2D eigenvalue weighted by molar-refractivity contribution is 5.92. The van der Waals surface area contributed by atoms with E-state index in [1.807, 2.05) is 12.1 Å². The fourth-order valence-electron chi connectivity index (χ4n) is 2.62. The molecule has 23 heavy (non-hydrogen) atoms. The summed E-state index contributed by atoms with van der Waals surface area (Å²) in [6.07, 6.45) is 6.52. The predicted octanol–water partition coefficient (Wildman–Crippen LogP) is 2.58. The molecule has 1 aliphatic rings. The molecular weight excluding hydrogens is 293 g/mol. The number of carbonyl (C=O) groups excluding carboxylic acids is 1. The summed E-state index contributed by atoms with van der Waals surface area (Å²) < 4.78 is 13.5. The topological polar surface area (TPSA) is 36.4 Å². The van der Waals surface area contributed by atoms with Crippen molar-refractivity contribution in [1.82, 2.24) is 9.88 Å². The molecule has 118 valence electrons. The summed E-state index contributed by atoms with van der Waals surface area (Å²) in [4.78, 5) is 20.2. The van der Waals surface area contributed by atoms with Crippen LogP contribution in [0.25, 0.3) is 6.08 Å². The van der Waals surface area contributed by atoms with E-state index in [4.69, 9.17) is 0 Å². The number of carbonyl (C=O) groups is 1. The minimum absolute atomic E-state index is 0.0809. The van der Waals surface area contributed by atoms with Crippen molar-refractivity contribution in [3.05, 3.63) is 66.2 Å². The molecule has 0 atom stereocenters. The first kappa shape index (κ1) is 15.2. The highest BCUT2D eigenvalue weighted by Gasteiger charge is 2.19. The van der Waals surface area contributed by atoms with Gasteiger partial charge >= 0.3 is 0 Å². The molecule has 4 nitrogen and oxygen atoms in total. The molecule has 1 aromatic heterocycles. The van der Waals surface area contributed by atoms with E-state index in [1.165, 1.54) is 18.2 Å². The molecule has 0 aliphatic carbocycles. The maximum Gasteiger partial charge on any atom is 0.246 e. The van der Waals surface area contributed by atoms with Crippen molar-refractivity contribution in [2.45, 2.75) is 0 Å². The maximum atomic E-state index is 13.5. The SMILES string of the molecule is O=C(/C=C/c1ccccc1F)N1CCN(c2ccncc2)CC1. The summed E-state index contributed by atoms with van der Waals surface area (Å²) in [5.41, 5.74) is 1.55. The minimum atomic E-state index is -0.320. The van der Waals surface area contributed by atoms with Crippen molar-refractivity contribution >= 4 is 17.7 Å². The Kier molecular flexibility index (Phi) is 4.66. The normalized spacial score (nSPS) is 15.2. The lowest BCUT2D eigenvalue weighted by Gasteiger charge is -2.35. The molecule has 2 heterocycles. The van der Waals surface area contributed by atoms with E-state index < -0.39 is 0 Å². The first-order valence-corrected chi connectivity index (χ1v) is 7.60. The van der Waals surface area contributed by atoms with Gasteiger partial charge in [-0.2, -0.15) is 0 Å². The first-order valence-electron chi connectivity index (χ1n) is 7.60. The number of piperazine rings is 1. The van der Waals surface area contributed by atoms with E-state index >= 15 is 0 Å². The van der Waals surface area contributed by atoms with Crippen molar-refractivity contribution in [2.24, 2.45) is 0 Å². The van der Waals surface area contributed by atoms with Crippen LogP contribution in [-0.4, -0.2) is 42.0 Å². The van der Waals surface area contributed by atoms with Crippen LogP contribution in [0.15, 0.2) is 54.9 Å². The number of amides is 1. The van der Waals surface area contributed by atoms with Crippen LogP contribution in [0.5, 0.6) is 0 Å². The van der Waals surface area contributed by atoms with Gasteiger partial charge in [-0.1, -0.05) is 18.2 Å². The number of anilines is 1. The number of nitrogens with zero attached hydrogens (tertiary/aromatic N) is 3. The summed E-state index contributed by atoms with van der Waals surface area (Å²) >= 11 is 0. The van der Waals surface area contributed by atoms with E-state index in [1.54, 1.807) is 35.5 Å². The van der Waals surface area contributed by atoms with Crippen LogP contribution in [0.3, 0.4) is 0 Å². The molecule has 2 aromatic rings. The standard InChI is InChI=1S/C18H18FN3O/c19-17-4-2-1-3-15(17)5-6-18(23)22-13-11-21(12-14-22)16-7-9-20-10-8-16/h1-10H,11-14H2/b6-5+. The third-order valence-electron chi connectivity index (χ3n) is 3.93. The second-order valence-electron chi connectivity index (χ2n) is 5.37. The van der Waals surface area contributed by atoms with Gasteiger partial charge in [0.1, 0.15) is 5.82 Å². The zero-order valence-electron chi connectivity index (χ0n) is 12.7. The molecule has 0 bridgehead atoms. The molecule has 0 unspecified atom stereocenters. The minimum Gasteiger partial charge on any atom is -0.368 e. The second-order valence-corrected chi connectivity index (χ2v) is 5.37. The summed E-state index contributed by atoms with van der Waals surface area (Å²) in [6.45, 7) is 2.87. The van der Waals surface area contributed by atoms with Crippen LogP contribution < -0.4 is 4.90 Å². The molecule has 1 fully saturated rings. The van der Waals surface area contributed by atoms with Crippen molar-refractivity contribution in [3.8, 4) is 0 Å². The number of halogens is 1. The van der Waals surface area contributed by atoms with Crippen LogP contribution in [0, 0.1) is 5.82 Å². The van der Waals surface area contributed by atoms with E-state index in [2.05, 4.69) is 9.88 Å². The molecule has 5 heteroatoms. The molecule has 1 aromatic carbocycles. The number of pyridine rings is 1. The van der Waals surface area contributed by atoms with Crippen LogP contribution in [0.1, 0.15) is 5.56 Å². The zero-order chi connectivity index (χ0) is 16.1.